The number of primary amides is 1. The van der Waals surface area contributed by atoms with E-state index in [0.717, 1.165) is 0 Å². The number of anilines is 1. The average Bonchev–Trinajstić information content (AvgIpc) is 2.28. The SMILES string of the molecule is Cc1c(NC(=O)NC(C)(C)CC(N)=O)cccc1C(=O)O. The van der Waals surface area contributed by atoms with Crippen molar-refractivity contribution < 1.29 is 19.5 Å². The van der Waals surface area contributed by atoms with Gasteiger partial charge in [-0.15, -0.1) is 0 Å². The van der Waals surface area contributed by atoms with Gasteiger partial charge in [-0.2, -0.15) is 0 Å². The number of aromatic carboxylic acids is 1. The zero-order chi connectivity index (χ0) is 16.2. The van der Waals surface area contributed by atoms with E-state index >= 15 is 0 Å². The van der Waals surface area contributed by atoms with Crippen molar-refractivity contribution in [3.63, 3.8) is 0 Å². The van der Waals surface area contributed by atoms with Gasteiger partial charge in [0.1, 0.15) is 0 Å². The molecule has 0 aromatic heterocycles. The largest absolute Gasteiger partial charge is 0.478 e. The molecule has 5 N–H and O–H groups in total. The lowest BCUT2D eigenvalue weighted by Crippen LogP contribution is -2.47. The summed E-state index contributed by atoms with van der Waals surface area (Å²) in [6.45, 7) is 4.93. The number of hydrogen-bond donors (Lipinski definition) is 4. The molecular weight excluding hydrogens is 274 g/mol. The molecule has 0 aliphatic carbocycles. The van der Waals surface area contributed by atoms with E-state index in [1.165, 1.54) is 6.07 Å². The minimum Gasteiger partial charge on any atom is -0.478 e. The molecule has 21 heavy (non-hydrogen) atoms. The van der Waals surface area contributed by atoms with Crippen LogP contribution in [0.25, 0.3) is 0 Å². The number of urea groups is 1. The van der Waals surface area contributed by atoms with Crippen molar-refractivity contribution in [1.82, 2.24) is 5.32 Å². The summed E-state index contributed by atoms with van der Waals surface area (Å²) in [7, 11) is 0. The highest BCUT2D eigenvalue weighted by Crippen LogP contribution is 2.19. The maximum absolute atomic E-state index is 11.9. The standard InChI is InChI=1S/C14H19N3O4/c1-8-9(12(19)20)5-4-6-10(8)16-13(21)17-14(2,3)7-11(15)18/h4-6H,7H2,1-3H3,(H2,15,18)(H,19,20)(H2,16,17,21). The first-order valence-electron chi connectivity index (χ1n) is 6.33. The van der Waals surface area contributed by atoms with Gasteiger partial charge in [0, 0.05) is 17.6 Å². The Morgan fingerprint density at radius 2 is 1.90 bits per heavy atom. The van der Waals surface area contributed by atoms with Crippen LogP contribution in [0.1, 0.15) is 36.2 Å². The number of hydrogen-bond acceptors (Lipinski definition) is 3. The second-order valence-corrected chi connectivity index (χ2v) is 5.39. The summed E-state index contributed by atoms with van der Waals surface area (Å²) in [5, 5.41) is 14.2. The van der Waals surface area contributed by atoms with E-state index in [4.69, 9.17) is 10.8 Å². The number of carbonyl (C=O) groups is 3. The van der Waals surface area contributed by atoms with Crippen molar-refractivity contribution in [2.75, 3.05) is 5.32 Å². The molecule has 0 saturated heterocycles. The second-order valence-electron chi connectivity index (χ2n) is 5.39. The monoisotopic (exact) mass is 293 g/mol. The molecule has 0 heterocycles. The van der Waals surface area contributed by atoms with E-state index in [1.54, 1.807) is 32.9 Å². The second kappa shape index (κ2) is 6.25. The molecule has 0 atom stereocenters. The van der Waals surface area contributed by atoms with Crippen LogP contribution in [0.5, 0.6) is 0 Å². The minimum atomic E-state index is -1.06. The zero-order valence-corrected chi connectivity index (χ0v) is 12.2. The Bertz CT molecular complexity index is 582. The molecule has 3 amide bonds. The highest BCUT2D eigenvalue weighted by Gasteiger charge is 2.23. The molecule has 1 rings (SSSR count). The van der Waals surface area contributed by atoms with Crippen LogP contribution in [0, 0.1) is 6.92 Å². The Morgan fingerprint density at radius 3 is 2.43 bits per heavy atom. The lowest BCUT2D eigenvalue weighted by atomic mass is 10.0. The van der Waals surface area contributed by atoms with Gasteiger partial charge in [0.25, 0.3) is 0 Å². The van der Waals surface area contributed by atoms with E-state index in [0.29, 0.717) is 11.3 Å². The van der Waals surface area contributed by atoms with E-state index in [-0.39, 0.29) is 12.0 Å². The van der Waals surface area contributed by atoms with Crippen molar-refractivity contribution >= 4 is 23.6 Å². The number of nitrogens with one attached hydrogen (secondary N) is 2. The number of carboxylic acid groups (broad SMARTS) is 1. The van der Waals surface area contributed by atoms with Crippen molar-refractivity contribution in [2.45, 2.75) is 32.7 Å². The van der Waals surface area contributed by atoms with Crippen LogP contribution in [-0.2, 0) is 4.79 Å². The average molecular weight is 293 g/mol. The predicted molar refractivity (Wildman–Crippen MR) is 78.2 cm³/mol. The summed E-state index contributed by atoms with van der Waals surface area (Å²) < 4.78 is 0. The van der Waals surface area contributed by atoms with Crippen LogP contribution in [-0.4, -0.2) is 28.6 Å². The molecule has 0 radical (unpaired) electrons. The van der Waals surface area contributed by atoms with Gasteiger partial charge in [-0.1, -0.05) is 6.07 Å². The normalized spacial score (nSPS) is 10.8. The van der Waals surface area contributed by atoms with E-state index < -0.39 is 23.4 Å². The molecular formula is C14H19N3O4. The zero-order valence-electron chi connectivity index (χ0n) is 12.2. The first-order valence-corrected chi connectivity index (χ1v) is 6.33. The molecule has 0 unspecified atom stereocenters. The molecule has 0 aliphatic rings. The molecule has 114 valence electrons. The molecule has 1 aromatic rings. The third kappa shape index (κ3) is 4.79. The fourth-order valence-electron chi connectivity index (χ4n) is 1.94. The first-order chi connectivity index (χ1) is 9.62. The Kier molecular flexibility index (Phi) is 4.91. The molecule has 0 aliphatic heterocycles. The van der Waals surface area contributed by atoms with Crippen molar-refractivity contribution in [3.05, 3.63) is 29.3 Å². The Morgan fingerprint density at radius 1 is 1.29 bits per heavy atom. The van der Waals surface area contributed by atoms with Crippen molar-refractivity contribution in [2.24, 2.45) is 5.73 Å². The third-order valence-electron chi connectivity index (χ3n) is 2.88. The Labute approximate surface area is 122 Å². The van der Waals surface area contributed by atoms with Gasteiger partial charge >= 0.3 is 12.0 Å². The van der Waals surface area contributed by atoms with Crippen LogP contribution in [0.15, 0.2) is 18.2 Å². The summed E-state index contributed by atoms with van der Waals surface area (Å²) in [5.74, 6) is -1.59. The predicted octanol–water partition coefficient (Wildman–Crippen LogP) is 1.47. The number of benzene rings is 1. The third-order valence-corrected chi connectivity index (χ3v) is 2.88. The number of carboxylic acids is 1. The molecule has 0 bridgehead atoms. The lowest BCUT2D eigenvalue weighted by molar-refractivity contribution is -0.119. The Hall–Kier alpha value is -2.57. The summed E-state index contributed by atoms with van der Waals surface area (Å²) in [6, 6.07) is 4.06. The van der Waals surface area contributed by atoms with Gasteiger partial charge in [0.05, 0.1) is 5.56 Å². The lowest BCUT2D eigenvalue weighted by Gasteiger charge is -2.25. The van der Waals surface area contributed by atoms with Gasteiger partial charge in [0.2, 0.25) is 5.91 Å². The van der Waals surface area contributed by atoms with Gasteiger partial charge in [-0.25, -0.2) is 9.59 Å². The first kappa shape index (κ1) is 16.5. The summed E-state index contributed by atoms with van der Waals surface area (Å²) in [6.07, 6.45) is -0.00539. The molecule has 0 fully saturated rings. The minimum absolute atomic E-state index is 0.00539. The van der Waals surface area contributed by atoms with Crippen LogP contribution >= 0.6 is 0 Å². The summed E-state index contributed by atoms with van der Waals surface area (Å²) >= 11 is 0. The van der Waals surface area contributed by atoms with Gasteiger partial charge in [-0.05, 0) is 38.5 Å². The van der Waals surface area contributed by atoms with Gasteiger partial charge in [-0.3, -0.25) is 4.79 Å². The van der Waals surface area contributed by atoms with E-state index in [9.17, 15) is 14.4 Å². The number of nitrogens with two attached hydrogens (primary N) is 1. The van der Waals surface area contributed by atoms with Crippen molar-refractivity contribution in [1.29, 1.82) is 0 Å². The van der Waals surface area contributed by atoms with Crippen LogP contribution in [0.2, 0.25) is 0 Å². The van der Waals surface area contributed by atoms with Gasteiger partial charge in [0.15, 0.2) is 0 Å². The molecule has 7 heteroatoms. The fourth-order valence-corrected chi connectivity index (χ4v) is 1.94. The smallest absolute Gasteiger partial charge is 0.336 e. The maximum Gasteiger partial charge on any atom is 0.336 e. The topological polar surface area (TPSA) is 122 Å². The van der Waals surface area contributed by atoms with Gasteiger partial charge < -0.3 is 21.5 Å². The van der Waals surface area contributed by atoms with Crippen molar-refractivity contribution in [3.8, 4) is 0 Å². The molecule has 0 spiro atoms. The number of amides is 3. The number of rotatable bonds is 5. The molecule has 0 saturated carbocycles. The van der Waals surface area contributed by atoms with Crippen LogP contribution in [0.3, 0.4) is 0 Å². The molecule has 7 nitrogen and oxygen atoms in total. The Balaban J connectivity index is 2.83. The van der Waals surface area contributed by atoms with E-state index in [2.05, 4.69) is 10.6 Å². The summed E-state index contributed by atoms with van der Waals surface area (Å²) in [5.41, 5.74) is 5.27. The van der Waals surface area contributed by atoms with Crippen LogP contribution in [0.4, 0.5) is 10.5 Å². The highest BCUT2D eigenvalue weighted by molar-refractivity contribution is 5.95. The quantitative estimate of drug-likeness (QED) is 0.656. The van der Waals surface area contributed by atoms with Crippen LogP contribution < -0.4 is 16.4 Å². The molecule has 1 aromatic carbocycles. The highest BCUT2D eigenvalue weighted by atomic mass is 16.4. The maximum atomic E-state index is 11.9. The fraction of sp³-hybridized carbons (Fsp3) is 0.357. The van der Waals surface area contributed by atoms with E-state index in [1.807, 2.05) is 0 Å². The summed E-state index contributed by atoms with van der Waals surface area (Å²) in [4.78, 5) is 33.9. The number of carbonyl (C=O) groups excluding carboxylic acids is 2.